The van der Waals surface area contributed by atoms with Crippen molar-refractivity contribution >= 4 is 11.9 Å². The van der Waals surface area contributed by atoms with Crippen molar-refractivity contribution in [2.45, 2.75) is 70.0 Å². The van der Waals surface area contributed by atoms with Gasteiger partial charge in [-0.1, -0.05) is 67.4 Å². The molecule has 0 spiro atoms. The van der Waals surface area contributed by atoms with Gasteiger partial charge in [0.15, 0.2) is 0 Å². The highest BCUT2D eigenvalue weighted by molar-refractivity contribution is 7.97. The molecule has 0 bridgehead atoms. The van der Waals surface area contributed by atoms with Crippen molar-refractivity contribution in [1.82, 2.24) is 10.0 Å². The smallest absolute Gasteiger partial charge is 0.0310 e. The Morgan fingerprint density at radius 2 is 1.85 bits per heavy atom. The van der Waals surface area contributed by atoms with Crippen LogP contribution in [0, 0.1) is 0 Å². The maximum atomic E-state index is 3.96. The average molecular weight is 381 g/mol. The van der Waals surface area contributed by atoms with Crippen LogP contribution in [0.3, 0.4) is 0 Å². The van der Waals surface area contributed by atoms with Gasteiger partial charge in [0.2, 0.25) is 0 Å². The molecule has 144 valence electrons. The Hall–Kier alpha value is -1.29. The number of fused-ring (bicyclic) bond motifs is 1. The lowest BCUT2D eigenvalue weighted by Gasteiger charge is -2.35. The first-order valence-electron chi connectivity index (χ1n) is 10.6. The van der Waals surface area contributed by atoms with Crippen LogP contribution in [0.2, 0.25) is 0 Å². The van der Waals surface area contributed by atoms with Crippen LogP contribution in [0.15, 0.2) is 48.5 Å². The third-order valence-corrected chi connectivity index (χ3v) is 6.79. The van der Waals surface area contributed by atoms with Crippen molar-refractivity contribution in [3.63, 3.8) is 0 Å². The van der Waals surface area contributed by atoms with Crippen molar-refractivity contribution in [3.05, 3.63) is 70.8 Å². The number of benzene rings is 2. The highest BCUT2D eigenvalue weighted by Crippen LogP contribution is 2.37. The minimum absolute atomic E-state index is 0.583. The molecule has 2 aliphatic rings. The monoisotopic (exact) mass is 380 g/mol. The van der Waals surface area contributed by atoms with Gasteiger partial charge in [0.25, 0.3) is 0 Å². The van der Waals surface area contributed by atoms with Gasteiger partial charge in [-0.25, -0.2) is 0 Å². The summed E-state index contributed by atoms with van der Waals surface area (Å²) in [6.07, 6.45) is 7.56. The Balaban J connectivity index is 1.54. The SMILES string of the molecule is CCCSNCc1ccc2c(c1)C(Cc1ccccc1)C(NC1CC1)CC2. The van der Waals surface area contributed by atoms with Gasteiger partial charge < -0.3 is 5.32 Å². The first-order valence-corrected chi connectivity index (χ1v) is 11.6. The molecule has 3 heteroatoms. The van der Waals surface area contributed by atoms with Crippen LogP contribution in [0.4, 0.5) is 0 Å². The van der Waals surface area contributed by atoms with Crippen molar-refractivity contribution < 1.29 is 0 Å². The molecule has 2 N–H and O–H groups in total. The third-order valence-electron chi connectivity index (χ3n) is 5.83. The van der Waals surface area contributed by atoms with E-state index < -0.39 is 0 Å². The predicted octanol–water partition coefficient (Wildman–Crippen LogP) is 5.23. The summed E-state index contributed by atoms with van der Waals surface area (Å²) in [5.41, 5.74) is 6.03. The van der Waals surface area contributed by atoms with Crippen molar-refractivity contribution in [2.24, 2.45) is 0 Å². The van der Waals surface area contributed by atoms with Crippen LogP contribution in [-0.2, 0) is 19.4 Å². The minimum Gasteiger partial charge on any atom is -0.311 e. The summed E-state index contributed by atoms with van der Waals surface area (Å²) >= 11 is 1.84. The number of hydrogen-bond acceptors (Lipinski definition) is 3. The molecule has 2 aromatic carbocycles. The quantitative estimate of drug-likeness (QED) is 0.460. The van der Waals surface area contributed by atoms with Gasteiger partial charge in [-0.3, -0.25) is 4.72 Å². The highest BCUT2D eigenvalue weighted by atomic mass is 32.2. The zero-order valence-electron chi connectivity index (χ0n) is 16.4. The number of aryl methyl sites for hydroxylation is 1. The van der Waals surface area contributed by atoms with Crippen molar-refractivity contribution in [2.75, 3.05) is 5.75 Å². The molecule has 0 aliphatic heterocycles. The van der Waals surface area contributed by atoms with E-state index in [1.54, 1.807) is 11.1 Å². The standard InChI is InChI=1S/C24H32N2S/c1-2-14-27-25-17-19-8-9-20-10-13-24(26-21-11-12-21)23(22(20)16-19)15-18-6-4-3-5-7-18/h3-9,16,21,23-26H,2,10-15,17H2,1H3. The summed E-state index contributed by atoms with van der Waals surface area (Å²) < 4.78 is 3.53. The zero-order valence-corrected chi connectivity index (χ0v) is 17.2. The van der Waals surface area contributed by atoms with Gasteiger partial charge in [-0.05, 0) is 60.8 Å². The van der Waals surface area contributed by atoms with Gasteiger partial charge >= 0.3 is 0 Å². The third kappa shape index (κ3) is 5.16. The maximum absolute atomic E-state index is 3.96. The molecule has 2 atom stereocenters. The molecule has 0 radical (unpaired) electrons. The molecule has 1 saturated carbocycles. The first kappa shape index (κ1) is 19.0. The van der Waals surface area contributed by atoms with Crippen molar-refractivity contribution in [1.29, 1.82) is 0 Å². The summed E-state index contributed by atoms with van der Waals surface area (Å²) in [6, 6.07) is 19.6. The summed E-state index contributed by atoms with van der Waals surface area (Å²) in [6.45, 7) is 3.19. The van der Waals surface area contributed by atoms with Gasteiger partial charge in [-0.2, -0.15) is 0 Å². The second kappa shape index (κ2) is 9.27. The molecule has 27 heavy (non-hydrogen) atoms. The molecule has 2 unspecified atom stereocenters. The van der Waals surface area contributed by atoms with E-state index in [0.717, 1.165) is 19.0 Å². The van der Waals surface area contributed by atoms with Gasteiger partial charge in [0.1, 0.15) is 0 Å². The zero-order chi connectivity index (χ0) is 18.5. The maximum Gasteiger partial charge on any atom is 0.0310 e. The first-order chi connectivity index (χ1) is 13.3. The van der Waals surface area contributed by atoms with E-state index in [-0.39, 0.29) is 0 Å². The number of rotatable bonds is 9. The molecule has 4 rings (SSSR count). The van der Waals surface area contributed by atoms with Crippen LogP contribution in [0.25, 0.3) is 0 Å². The van der Waals surface area contributed by atoms with Crippen LogP contribution < -0.4 is 10.0 Å². The second-order valence-corrected chi connectivity index (χ2v) is 9.07. The molecular formula is C24H32N2S. The van der Waals surface area contributed by atoms with Crippen molar-refractivity contribution in [3.8, 4) is 0 Å². The molecule has 0 amide bonds. The molecule has 2 nitrogen and oxygen atoms in total. The Morgan fingerprint density at radius 1 is 1.00 bits per heavy atom. The molecule has 0 heterocycles. The normalized spacial score (nSPS) is 21.8. The predicted molar refractivity (Wildman–Crippen MR) is 117 cm³/mol. The van der Waals surface area contributed by atoms with Gasteiger partial charge in [0.05, 0.1) is 0 Å². The largest absolute Gasteiger partial charge is 0.311 e. The van der Waals surface area contributed by atoms with Crippen LogP contribution in [0.5, 0.6) is 0 Å². The minimum atomic E-state index is 0.583. The molecular weight excluding hydrogens is 348 g/mol. The lowest BCUT2D eigenvalue weighted by atomic mass is 9.75. The molecule has 1 fully saturated rings. The topological polar surface area (TPSA) is 24.1 Å². The lowest BCUT2D eigenvalue weighted by molar-refractivity contribution is 0.381. The van der Waals surface area contributed by atoms with Crippen LogP contribution >= 0.6 is 11.9 Å². The molecule has 2 aromatic rings. The second-order valence-electron chi connectivity index (χ2n) is 8.09. The molecule has 2 aliphatic carbocycles. The summed E-state index contributed by atoms with van der Waals surface area (Å²) in [5, 5.41) is 3.96. The fraction of sp³-hybridized carbons (Fsp3) is 0.500. The van der Waals surface area contributed by atoms with E-state index in [9.17, 15) is 0 Å². The summed E-state index contributed by atoms with van der Waals surface area (Å²) in [4.78, 5) is 0. The Labute approximate surface area is 168 Å². The van der Waals surface area contributed by atoms with E-state index in [0.29, 0.717) is 12.0 Å². The van der Waals surface area contributed by atoms with E-state index in [2.05, 4.69) is 65.5 Å². The Morgan fingerprint density at radius 3 is 2.63 bits per heavy atom. The fourth-order valence-corrected chi connectivity index (χ4v) is 4.85. The lowest BCUT2D eigenvalue weighted by Crippen LogP contribution is -2.40. The number of nitrogens with one attached hydrogen (secondary N) is 2. The van der Waals surface area contributed by atoms with Gasteiger partial charge in [-0.15, -0.1) is 0 Å². The molecule has 0 aromatic heterocycles. The fourth-order valence-electron chi connectivity index (χ4n) is 4.24. The van der Waals surface area contributed by atoms with E-state index in [1.807, 2.05) is 11.9 Å². The van der Waals surface area contributed by atoms with Gasteiger partial charge in [0, 0.05) is 30.3 Å². The van der Waals surface area contributed by atoms with Crippen LogP contribution in [-0.4, -0.2) is 17.8 Å². The molecule has 0 saturated heterocycles. The van der Waals surface area contributed by atoms with E-state index in [1.165, 1.54) is 49.0 Å². The average Bonchev–Trinajstić information content (AvgIpc) is 3.52. The summed E-state index contributed by atoms with van der Waals surface area (Å²) in [5.74, 6) is 1.76. The summed E-state index contributed by atoms with van der Waals surface area (Å²) in [7, 11) is 0. The highest BCUT2D eigenvalue weighted by Gasteiger charge is 2.33. The van der Waals surface area contributed by atoms with Crippen LogP contribution in [0.1, 0.15) is 60.8 Å². The Bertz CT molecular complexity index is 726. The van der Waals surface area contributed by atoms with E-state index >= 15 is 0 Å². The van der Waals surface area contributed by atoms with E-state index in [4.69, 9.17) is 0 Å². The number of hydrogen-bond donors (Lipinski definition) is 2. The Kier molecular flexibility index (Phi) is 6.54.